The Hall–Kier alpha value is -1.75. The summed E-state index contributed by atoms with van der Waals surface area (Å²) in [7, 11) is 1.54. The zero-order chi connectivity index (χ0) is 14.5. The second kappa shape index (κ2) is 6.61. The fourth-order valence-corrected chi connectivity index (χ4v) is 2.66. The highest BCUT2D eigenvalue weighted by molar-refractivity contribution is 5.97. The average Bonchev–Trinajstić information content (AvgIpc) is 2.72. The Morgan fingerprint density at radius 3 is 2.95 bits per heavy atom. The van der Waals surface area contributed by atoms with Gasteiger partial charge in [0.2, 0.25) is 0 Å². The molecule has 5 heteroatoms. The van der Waals surface area contributed by atoms with Gasteiger partial charge in [-0.1, -0.05) is 12.8 Å². The van der Waals surface area contributed by atoms with E-state index in [1.807, 2.05) is 0 Å². The molecule has 1 fully saturated rings. The number of amides is 1. The van der Waals surface area contributed by atoms with Gasteiger partial charge in [0.25, 0.3) is 5.91 Å². The van der Waals surface area contributed by atoms with Crippen LogP contribution in [0.2, 0.25) is 0 Å². The molecule has 0 spiro atoms. The summed E-state index contributed by atoms with van der Waals surface area (Å²) in [5.41, 5.74) is 6.07. The van der Waals surface area contributed by atoms with Crippen molar-refractivity contribution in [2.75, 3.05) is 20.2 Å². The van der Waals surface area contributed by atoms with Crippen molar-refractivity contribution in [1.29, 1.82) is 0 Å². The second-order valence-corrected chi connectivity index (χ2v) is 5.12. The summed E-state index contributed by atoms with van der Waals surface area (Å²) in [5, 5.41) is 9.93. The summed E-state index contributed by atoms with van der Waals surface area (Å²) >= 11 is 0. The number of carbonyl (C=O) groups is 1. The number of carbonyl (C=O) groups excluding carboxylic acids is 1. The van der Waals surface area contributed by atoms with Crippen LogP contribution in [0.3, 0.4) is 0 Å². The minimum absolute atomic E-state index is 0.0178. The van der Waals surface area contributed by atoms with Gasteiger partial charge in [0.15, 0.2) is 0 Å². The predicted octanol–water partition coefficient (Wildman–Crippen LogP) is 1.74. The monoisotopic (exact) mass is 278 g/mol. The molecule has 5 nitrogen and oxygen atoms in total. The van der Waals surface area contributed by atoms with Crippen LogP contribution in [0.4, 0.5) is 0 Å². The third kappa shape index (κ3) is 3.04. The Morgan fingerprint density at radius 2 is 2.25 bits per heavy atom. The quantitative estimate of drug-likeness (QED) is 0.883. The van der Waals surface area contributed by atoms with Gasteiger partial charge in [-0.3, -0.25) is 4.79 Å². The molecule has 1 atom stereocenters. The second-order valence-electron chi connectivity index (χ2n) is 5.12. The molecule has 0 bridgehead atoms. The van der Waals surface area contributed by atoms with E-state index in [0.717, 1.165) is 25.7 Å². The lowest BCUT2D eigenvalue weighted by Crippen LogP contribution is -2.44. The highest BCUT2D eigenvalue weighted by atomic mass is 16.5. The average molecular weight is 278 g/mol. The standard InChI is InChI=1S/C15H22N2O3/c1-20-12-6-7-14(18)13(9-12)15(19)17-8-4-2-3-5-11(17)10-16/h6-7,9,11,18H,2-5,8,10,16H2,1H3. The molecule has 1 unspecified atom stereocenters. The Morgan fingerprint density at radius 1 is 1.45 bits per heavy atom. The van der Waals surface area contributed by atoms with Crippen molar-refractivity contribution in [2.45, 2.75) is 31.7 Å². The van der Waals surface area contributed by atoms with Gasteiger partial charge in [-0.2, -0.15) is 0 Å². The fraction of sp³-hybridized carbons (Fsp3) is 0.533. The third-order valence-corrected chi connectivity index (χ3v) is 3.84. The van der Waals surface area contributed by atoms with Crippen LogP contribution in [0.1, 0.15) is 36.0 Å². The van der Waals surface area contributed by atoms with Crippen LogP contribution < -0.4 is 10.5 Å². The van der Waals surface area contributed by atoms with Gasteiger partial charge in [0.05, 0.1) is 12.7 Å². The fourth-order valence-electron chi connectivity index (χ4n) is 2.66. The summed E-state index contributed by atoms with van der Waals surface area (Å²) in [6.07, 6.45) is 4.11. The number of benzene rings is 1. The minimum Gasteiger partial charge on any atom is -0.507 e. The maximum absolute atomic E-state index is 12.7. The van der Waals surface area contributed by atoms with Crippen molar-refractivity contribution in [2.24, 2.45) is 5.73 Å². The molecular weight excluding hydrogens is 256 g/mol. The molecule has 3 N–H and O–H groups in total. The maximum Gasteiger partial charge on any atom is 0.258 e. The molecule has 1 amide bonds. The lowest BCUT2D eigenvalue weighted by Gasteiger charge is -2.29. The third-order valence-electron chi connectivity index (χ3n) is 3.84. The first-order valence-electron chi connectivity index (χ1n) is 7.05. The highest BCUT2D eigenvalue weighted by Crippen LogP contribution is 2.26. The van der Waals surface area contributed by atoms with E-state index in [0.29, 0.717) is 18.8 Å². The lowest BCUT2D eigenvalue weighted by atomic mass is 10.1. The van der Waals surface area contributed by atoms with Crippen LogP contribution >= 0.6 is 0 Å². The Bertz CT molecular complexity index is 476. The molecule has 0 radical (unpaired) electrons. The molecule has 1 saturated heterocycles. The Balaban J connectivity index is 2.28. The molecule has 1 heterocycles. The van der Waals surface area contributed by atoms with E-state index in [1.165, 1.54) is 13.2 Å². The molecule has 1 aromatic rings. The van der Waals surface area contributed by atoms with Crippen LogP contribution in [-0.4, -0.2) is 42.2 Å². The summed E-state index contributed by atoms with van der Waals surface area (Å²) in [6, 6.07) is 4.75. The van der Waals surface area contributed by atoms with Crippen LogP contribution in [0.5, 0.6) is 11.5 Å². The number of ether oxygens (including phenoxy) is 1. The smallest absolute Gasteiger partial charge is 0.258 e. The van der Waals surface area contributed by atoms with Gasteiger partial charge in [0.1, 0.15) is 11.5 Å². The first-order valence-corrected chi connectivity index (χ1v) is 7.05. The Labute approximate surface area is 119 Å². The number of nitrogens with zero attached hydrogens (tertiary/aromatic N) is 1. The normalized spacial score (nSPS) is 19.5. The number of likely N-dealkylation sites (tertiary alicyclic amines) is 1. The van der Waals surface area contributed by atoms with Crippen LogP contribution in [0, 0.1) is 0 Å². The molecule has 0 aliphatic carbocycles. The molecule has 110 valence electrons. The first-order chi connectivity index (χ1) is 9.67. The molecule has 1 aliphatic rings. The largest absolute Gasteiger partial charge is 0.507 e. The van der Waals surface area contributed by atoms with Crippen molar-refractivity contribution in [3.8, 4) is 11.5 Å². The van der Waals surface area contributed by atoms with E-state index in [9.17, 15) is 9.90 Å². The van der Waals surface area contributed by atoms with E-state index < -0.39 is 0 Å². The van der Waals surface area contributed by atoms with Gasteiger partial charge in [-0.15, -0.1) is 0 Å². The van der Waals surface area contributed by atoms with Crippen molar-refractivity contribution >= 4 is 5.91 Å². The molecule has 0 saturated carbocycles. The van der Waals surface area contributed by atoms with Gasteiger partial charge >= 0.3 is 0 Å². The number of rotatable bonds is 3. The van der Waals surface area contributed by atoms with Crippen molar-refractivity contribution in [1.82, 2.24) is 4.90 Å². The summed E-state index contributed by atoms with van der Waals surface area (Å²) in [4.78, 5) is 14.5. The van der Waals surface area contributed by atoms with Crippen LogP contribution in [0.15, 0.2) is 18.2 Å². The van der Waals surface area contributed by atoms with E-state index >= 15 is 0 Å². The van der Waals surface area contributed by atoms with Crippen molar-refractivity contribution < 1.29 is 14.6 Å². The number of hydrogen-bond acceptors (Lipinski definition) is 4. The topological polar surface area (TPSA) is 75.8 Å². The molecule has 0 aromatic heterocycles. The van der Waals surface area contributed by atoms with Crippen molar-refractivity contribution in [3.63, 3.8) is 0 Å². The van der Waals surface area contributed by atoms with E-state index in [1.54, 1.807) is 17.0 Å². The van der Waals surface area contributed by atoms with Gasteiger partial charge in [0, 0.05) is 19.1 Å². The number of phenols is 1. The van der Waals surface area contributed by atoms with Gasteiger partial charge in [-0.25, -0.2) is 0 Å². The summed E-state index contributed by atoms with van der Waals surface area (Å²) in [6.45, 7) is 1.15. The molecule has 20 heavy (non-hydrogen) atoms. The van der Waals surface area contributed by atoms with Crippen LogP contribution in [0.25, 0.3) is 0 Å². The number of hydrogen-bond donors (Lipinski definition) is 2. The van der Waals surface area contributed by atoms with E-state index in [2.05, 4.69) is 0 Å². The Kier molecular flexibility index (Phi) is 4.84. The van der Waals surface area contributed by atoms with Gasteiger partial charge < -0.3 is 20.5 Å². The number of nitrogens with two attached hydrogens (primary N) is 1. The van der Waals surface area contributed by atoms with E-state index in [-0.39, 0.29) is 23.3 Å². The minimum atomic E-state index is -0.168. The predicted molar refractivity (Wildman–Crippen MR) is 77.0 cm³/mol. The lowest BCUT2D eigenvalue weighted by molar-refractivity contribution is 0.0685. The maximum atomic E-state index is 12.7. The molecule has 1 aromatic carbocycles. The highest BCUT2D eigenvalue weighted by Gasteiger charge is 2.27. The molecule has 2 rings (SSSR count). The van der Waals surface area contributed by atoms with Gasteiger partial charge in [-0.05, 0) is 31.0 Å². The summed E-state index contributed by atoms with van der Waals surface area (Å²) in [5.74, 6) is 0.375. The SMILES string of the molecule is COc1ccc(O)c(C(=O)N2CCCCCC2CN)c1. The number of aromatic hydroxyl groups is 1. The van der Waals surface area contributed by atoms with Crippen LogP contribution in [-0.2, 0) is 0 Å². The van der Waals surface area contributed by atoms with E-state index in [4.69, 9.17) is 10.5 Å². The zero-order valence-corrected chi connectivity index (χ0v) is 11.8. The first kappa shape index (κ1) is 14.7. The number of phenolic OH excluding ortho intramolecular Hbond substituents is 1. The number of methoxy groups -OCH3 is 1. The zero-order valence-electron chi connectivity index (χ0n) is 11.8. The molecular formula is C15H22N2O3. The summed E-state index contributed by atoms with van der Waals surface area (Å²) < 4.78 is 5.12. The van der Waals surface area contributed by atoms with Crippen molar-refractivity contribution in [3.05, 3.63) is 23.8 Å². The molecule has 1 aliphatic heterocycles.